The standard InChI is InChI=1S/C19H14Br2ClNO6/c1-27-16(24)9-19(18(26)28-2)23(14-5-3-11(21)8-13(14)22)17(25)12-7-10(20)4-6-15(12)29-19/h3-8H,9H2,1-2H3/t19-/m0/s1. The summed E-state index contributed by atoms with van der Waals surface area (Å²) in [5.41, 5.74) is -1.79. The molecule has 0 radical (unpaired) electrons. The van der Waals surface area contributed by atoms with Crippen molar-refractivity contribution < 1.29 is 28.6 Å². The van der Waals surface area contributed by atoms with Gasteiger partial charge >= 0.3 is 11.9 Å². The van der Waals surface area contributed by atoms with Crippen molar-refractivity contribution in [2.45, 2.75) is 12.1 Å². The second-order valence-electron chi connectivity index (χ2n) is 6.01. The lowest BCUT2D eigenvalue weighted by molar-refractivity contribution is -0.166. The molecule has 0 spiro atoms. The highest BCUT2D eigenvalue weighted by Gasteiger charge is 2.57. The van der Waals surface area contributed by atoms with Crippen LogP contribution in [-0.4, -0.2) is 37.8 Å². The number of nitrogens with zero attached hydrogens (tertiary/aromatic N) is 1. The third-order valence-corrected chi connectivity index (χ3v) is 5.57. The van der Waals surface area contributed by atoms with Gasteiger partial charge in [0.05, 0.1) is 30.5 Å². The van der Waals surface area contributed by atoms with Gasteiger partial charge in [0.15, 0.2) is 0 Å². The van der Waals surface area contributed by atoms with Gasteiger partial charge in [0.25, 0.3) is 11.6 Å². The molecule has 0 unspecified atom stereocenters. The molecule has 1 heterocycles. The van der Waals surface area contributed by atoms with Crippen molar-refractivity contribution >= 4 is 67.0 Å². The van der Waals surface area contributed by atoms with Crippen molar-refractivity contribution in [3.8, 4) is 5.75 Å². The topological polar surface area (TPSA) is 82.1 Å². The van der Waals surface area contributed by atoms with E-state index in [9.17, 15) is 14.4 Å². The highest BCUT2D eigenvalue weighted by molar-refractivity contribution is 9.10. The van der Waals surface area contributed by atoms with Gasteiger partial charge in [-0.25, -0.2) is 4.79 Å². The van der Waals surface area contributed by atoms with Crippen molar-refractivity contribution in [1.82, 2.24) is 0 Å². The summed E-state index contributed by atoms with van der Waals surface area (Å²) in [7, 11) is 2.30. The molecule has 0 saturated heterocycles. The Hall–Kier alpha value is -2.10. The second kappa shape index (κ2) is 8.33. The molecule has 3 rings (SSSR count). The molecular weight excluding hydrogens is 533 g/mol. The lowest BCUT2D eigenvalue weighted by atomic mass is 9.99. The molecule has 0 bridgehead atoms. The normalized spacial score (nSPS) is 18.0. The first-order valence-electron chi connectivity index (χ1n) is 8.17. The molecule has 0 N–H and O–H groups in total. The average molecular weight is 548 g/mol. The number of fused-ring (bicyclic) bond motifs is 1. The fourth-order valence-corrected chi connectivity index (χ4v) is 4.10. The lowest BCUT2D eigenvalue weighted by Gasteiger charge is -2.44. The van der Waals surface area contributed by atoms with Gasteiger partial charge in [0, 0.05) is 8.95 Å². The van der Waals surface area contributed by atoms with Crippen LogP contribution in [0.4, 0.5) is 5.69 Å². The van der Waals surface area contributed by atoms with Gasteiger partial charge < -0.3 is 14.2 Å². The van der Waals surface area contributed by atoms with Crippen LogP contribution in [0.3, 0.4) is 0 Å². The zero-order valence-corrected chi connectivity index (χ0v) is 19.1. The Balaban J connectivity index is 2.31. The summed E-state index contributed by atoms with van der Waals surface area (Å²) >= 11 is 13.0. The van der Waals surface area contributed by atoms with Crippen molar-refractivity contribution in [3.63, 3.8) is 0 Å². The highest BCUT2D eigenvalue weighted by Crippen LogP contribution is 2.43. The van der Waals surface area contributed by atoms with Crippen LogP contribution in [0, 0.1) is 0 Å². The van der Waals surface area contributed by atoms with Gasteiger partial charge in [-0.1, -0.05) is 43.5 Å². The third kappa shape index (κ3) is 3.86. The Kier molecular flexibility index (Phi) is 6.21. The van der Waals surface area contributed by atoms with Gasteiger partial charge in [-0.2, -0.15) is 0 Å². The number of carbonyl (C=O) groups is 3. The molecule has 152 valence electrons. The number of anilines is 1. The average Bonchev–Trinajstić information content (AvgIpc) is 2.69. The summed E-state index contributed by atoms with van der Waals surface area (Å²) < 4.78 is 16.9. The number of methoxy groups -OCH3 is 2. The molecule has 1 amide bonds. The predicted octanol–water partition coefficient (Wildman–Crippen LogP) is 4.34. The minimum Gasteiger partial charge on any atom is -0.469 e. The Labute approximate surface area is 188 Å². The maximum absolute atomic E-state index is 13.5. The summed E-state index contributed by atoms with van der Waals surface area (Å²) in [5.74, 6) is -2.20. The van der Waals surface area contributed by atoms with Gasteiger partial charge in [0.2, 0.25) is 0 Å². The van der Waals surface area contributed by atoms with E-state index in [1.165, 1.54) is 19.2 Å². The Morgan fingerprint density at radius 1 is 1.10 bits per heavy atom. The number of halogens is 3. The Bertz CT molecular complexity index is 1010. The van der Waals surface area contributed by atoms with Gasteiger partial charge in [-0.15, -0.1) is 0 Å². The molecule has 29 heavy (non-hydrogen) atoms. The molecule has 7 nitrogen and oxygen atoms in total. The number of amides is 1. The molecule has 1 atom stereocenters. The maximum Gasteiger partial charge on any atom is 0.373 e. The van der Waals surface area contributed by atoms with Crippen LogP contribution in [0.1, 0.15) is 16.8 Å². The molecular formula is C19H14Br2ClNO6. The van der Waals surface area contributed by atoms with Crippen molar-refractivity contribution in [2.24, 2.45) is 0 Å². The van der Waals surface area contributed by atoms with Gasteiger partial charge in [-0.3, -0.25) is 14.5 Å². The van der Waals surface area contributed by atoms with E-state index < -0.39 is 30.0 Å². The SMILES string of the molecule is COC(=O)C[C@@]1(C(=O)OC)Oc2ccc(Br)cc2C(=O)N1c1ccc(Br)cc1Cl. The fraction of sp³-hybridized carbons (Fsp3) is 0.211. The third-order valence-electron chi connectivity index (χ3n) is 4.28. The molecule has 0 fully saturated rings. The zero-order valence-electron chi connectivity index (χ0n) is 15.2. The van der Waals surface area contributed by atoms with Crippen LogP contribution in [-0.2, 0) is 19.1 Å². The number of benzene rings is 2. The van der Waals surface area contributed by atoms with E-state index in [-0.39, 0.29) is 22.0 Å². The zero-order chi connectivity index (χ0) is 21.3. The minimum absolute atomic E-state index is 0.122. The number of esters is 2. The van der Waals surface area contributed by atoms with E-state index in [1.54, 1.807) is 24.3 Å². The smallest absolute Gasteiger partial charge is 0.373 e. The molecule has 0 aliphatic carbocycles. The van der Waals surface area contributed by atoms with Crippen molar-refractivity contribution in [3.05, 3.63) is 55.9 Å². The lowest BCUT2D eigenvalue weighted by Crippen LogP contribution is -2.65. The fourth-order valence-electron chi connectivity index (χ4n) is 2.98. The van der Waals surface area contributed by atoms with E-state index in [0.717, 1.165) is 12.0 Å². The molecule has 0 saturated carbocycles. The number of rotatable bonds is 4. The molecule has 1 aliphatic rings. The molecule has 10 heteroatoms. The minimum atomic E-state index is -2.14. The Morgan fingerprint density at radius 3 is 2.38 bits per heavy atom. The molecule has 2 aromatic rings. The van der Waals surface area contributed by atoms with Crippen molar-refractivity contribution in [2.75, 3.05) is 19.1 Å². The van der Waals surface area contributed by atoms with E-state index in [4.69, 9.17) is 25.8 Å². The summed E-state index contributed by atoms with van der Waals surface area (Å²) in [6.45, 7) is 0. The van der Waals surface area contributed by atoms with Crippen LogP contribution in [0.5, 0.6) is 5.75 Å². The van der Waals surface area contributed by atoms with E-state index in [0.29, 0.717) is 8.95 Å². The van der Waals surface area contributed by atoms with Gasteiger partial charge in [-0.05, 0) is 36.4 Å². The van der Waals surface area contributed by atoms with Crippen LogP contribution in [0.15, 0.2) is 45.3 Å². The molecule has 0 aromatic heterocycles. The summed E-state index contributed by atoms with van der Waals surface area (Å²) in [5, 5.41) is 0.160. The molecule has 1 aliphatic heterocycles. The number of hydrogen-bond donors (Lipinski definition) is 0. The van der Waals surface area contributed by atoms with Crippen LogP contribution in [0.25, 0.3) is 0 Å². The Morgan fingerprint density at radius 2 is 1.76 bits per heavy atom. The number of ether oxygens (including phenoxy) is 3. The summed E-state index contributed by atoms with van der Waals surface area (Å²) in [6, 6.07) is 9.45. The number of hydrogen-bond acceptors (Lipinski definition) is 6. The van der Waals surface area contributed by atoms with E-state index >= 15 is 0 Å². The van der Waals surface area contributed by atoms with Crippen LogP contribution in [0.2, 0.25) is 5.02 Å². The van der Waals surface area contributed by atoms with E-state index in [2.05, 4.69) is 31.9 Å². The summed E-state index contributed by atoms with van der Waals surface area (Å²) in [4.78, 5) is 39.6. The highest BCUT2D eigenvalue weighted by atomic mass is 79.9. The van der Waals surface area contributed by atoms with Crippen LogP contribution >= 0.6 is 43.5 Å². The maximum atomic E-state index is 13.5. The molecule has 2 aromatic carbocycles. The predicted molar refractivity (Wildman–Crippen MR) is 112 cm³/mol. The monoisotopic (exact) mass is 545 g/mol. The largest absolute Gasteiger partial charge is 0.469 e. The van der Waals surface area contributed by atoms with Gasteiger partial charge in [0.1, 0.15) is 12.2 Å². The first kappa shape index (κ1) is 21.6. The van der Waals surface area contributed by atoms with Crippen molar-refractivity contribution in [1.29, 1.82) is 0 Å². The summed E-state index contributed by atoms with van der Waals surface area (Å²) in [6.07, 6.45) is -0.607. The first-order valence-corrected chi connectivity index (χ1v) is 10.1. The first-order chi connectivity index (χ1) is 13.7. The van der Waals surface area contributed by atoms with E-state index in [1.807, 2.05) is 0 Å². The second-order valence-corrected chi connectivity index (χ2v) is 8.25. The van der Waals surface area contributed by atoms with Crippen LogP contribution < -0.4 is 9.64 Å². The number of carbonyl (C=O) groups excluding carboxylic acids is 3. The quantitative estimate of drug-likeness (QED) is 0.530.